The zero-order valence-electron chi connectivity index (χ0n) is 14.2. The first-order chi connectivity index (χ1) is 12.7. The molecule has 5 heteroatoms. The van der Waals surface area contributed by atoms with Crippen LogP contribution in [0, 0.1) is 0 Å². The number of amides is 1. The number of fused-ring (bicyclic) bond motifs is 1. The first-order valence-electron chi connectivity index (χ1n) is 8.30. The standard InChI is InChI=1S/C21H18N2O3/c1-26-18-13-7-11-16(19(18)24)20-22-17-12-6-5-10-15(17)21(25)23(20)14-8-3-2-4-9-14/h2-13,20,22,24H,1H3/t20-/m1/s1. The SMILES string of the molecule is COc1cccc([C@@H]2Nc3ccccc3C(=O)N2c2ccccc2)c1O. The number of nitrogens with zero attached hydrogens (tertiary/aromatic N) is 1. The van der Waals surface area contributed by atoms with Crippen molar-refractivity contribution in [3.8, 4) is 11.5 Å². The molecule has 0 saturated heterocycles. The summed E-state index contributed by atoms with van der Waals surface area (Å²) >= 11 is 0. The van der Waals surface area contributed by atoms with E-state index >= 15 is 0 Å². The molecule has 4 rings (SSSR count). The average Bonchev–Trinajstić information content (AvgIpc) is 2.69. The first kappa shape index (κ1) is 16.0. The van der Waals surface area contributed by atoms with Crippen molar-refractivity contribution in [2.75, 3.05) is 17.3 Å². The second kappa shape index (κ2) is 6.44. The number of aromatic hydroxyl groups is 1. The first-order valence-corrected chi connectivity index (χ1v) is 8.30. The fourth-order valence-electron chi connectivity index (χ4n) is 3.25. The predicted octanol–water partition coefficient (Wildman–Crippen LogP) is 4.17. The van der Waals surface area contributed by atoms with Gasteiger partial charge in [-0.25, -0.2) is 0 Å². The van der Waals surface area contributed by atoms with Crippen molar-refractivity contribution in [2.45, 2.75) is 6.17 Å². The highest BCUT2D eigenvalue weighted by Crippen LogP contribution is 2.41. The van der Waals surface area contributed by atoms with Crippen LogP contribution >= 0.6 is 0 Å². The number of para-hydroxylation sites is 3. The maximum atomic E-state index is 13.2. The molecule has 0 bridgehead atoms. The van der Waals surface area contributed by atoms with E-state index in [4.69, 9.17) is 4.74 Å². The van der Waals surface area contributed by atoms with Gasteiger partial charge in [-0.15, -0.1) is 0 Å². The van der Waals surface area contributed by atoms with Crippen LogP contribution in [0.25, 0.3) is 0 Å². The number of rotatable bonds is 3. The summed E-state index contributed by atoms with van der Waals surface area (Å²) in [5.41, 5.74) is 2.63. The van der Waals surface area contributed by atoms with E-state index < -0.39 is 6.17 Å². The number of nitrogens with one attached hydrogen (secondary N) is 1. The summed E-state index contributed by atoms with van der Waals surface area (Å²) in [4.78, 5) is 14.9. The van der Waals surface area contributed by atoms with Crippen LogP contribution in [-0.4, -0.2) is 18.1 Å². The molecule has 0 fully saturated rings. The van der Waals surface area contributed by atoms with Crippen LogP contribution in [-0.2, 0) is 0 Å². The molecule has 0 aliphatic carbocycles. The van der Waals surface area contributed by atoms with Crippen LogP contribution in [0.5, 0.6) is 11.5 Å². The number of carbonyl (C=O) groups is 1. The third-order valence-electron chi connectivity index (χ3n) is 4.51. The molecule has 2 N–H and O–H groups in total. The Bertz CT molecular complexity index is 956. The molecule has 0 spiro atoms. The average molecular weight is 346 g/mol. The lowest BCUT2D eigenvalue weighted by Crippen LogP contribution is -2.43. The molecule has 3 aromatic carbocycles. The maximum absolute atomic E-state index is 13.2. The number of ether oxygens (including phenoxy) is 1. The molecular weight excluding hydrogens is 328 g/mol. The third kappa shape index (κ3) is 2.54. The third-order valence-corrected chi connectivity index (χ3v) is 4.51. The number of benzene rings is 3. The van der Waals surface area contributed by atoms with Crippen molar-refractivity contribution in [3.63, 3.8) is 0 Å². The summed E-state index contributed by atoms with van der Waals surface area (Å²) in [6.07, 6.45) is -0.560. The van der Waals surface area contributed by atoms with E-state index in [1.807, 2.05) is 48.5 Å². The molecule has 1 aliphatic rings. The van der Waals surface area contributed by atoms with Gasteiger partial charge in [-0.3, -0.25) is 9.69 Å². The molecule has 3 aromatic rings. The van der Waals surface area contributed by atoms with Gasteiger partial charge in [0, 0.05) is 16.9 Å². The van der Waals surface area contributed by atoms with Crippen LogP contribution < -0.4 is 15.0 Å². The summed E-state index contributed by atoms with van der Waals surface area (Å²) in [5.74, 6) is 0.252. The molecule has 1 heterocycles. The van der Waals surface area contributed by atoms with Crippen molar-refractivity contribution in [1.29, 1.82) is 0 Å². The fraction of sp³-hybridized carbons (Fsp3) is 0.0952. The highest BCUT2D eigenvalue weighted by molar-refractivity contribution is 6.12. The number of phenolic OH excluding ortho intramolecular Hbond substituents is 1. The van der Waals surface area contributed by atoms with Crippen LogP contribution in [0.4, 0.5) is 11.4 Å². The fourth-order valence-corrected chi connectivity index (χ4v) is 3.25. The Hall–Kier alpha value is -3.47. The highest BCUT2D eigenvalue weighted by atomic mass is 16.5. The normalized spacial score (nSPS) is 16.0. The van der Waals surface area contributed by atoms with Gasteiger partial charge in [0.1, 0.15) is 6.17 Å². The minimum atomic E-state index is -0.560. The zero-order chi connectivity index (χ0) is 18.1. The van der Waals surface area contributed by atoms with Crippen LogP contribution in [0.3, 0.4) is 0 Å². The number of methoxy groups -OCH3 is 1. The largest absolute Gasteiger partial charge is 0.504 e. The zero-order valence-corrected chi connectivity index (χ0v) is 14.2. The lowest BCUT2D eigenvalue weighted by Gasteiger charge is -2.38. The van der Waals surface area contributed by atoms with E-state index in [1.165, 1.54) is 7.11 Å². The van der Waals surface area contributed by atoms with E-state index in [1.54, 1.807) is 29.2 Å². The van der Waals surface area contributed by atoms with Gasteiger partial charge >= 0.3 is 0 Å². The summed E-state index contributed by atoms with van der Waals surface area (Å²) in [7, 11) is 1.50. The van der Waals surface area contributed by atoms with Crippen LogP contribution in [0.2, 0.25) is 0 Å². The number of anilines is 2. The molecule has 130 valence electrons. The Morgan fingerprint density at radius 1 is 0.962 bits per heavy atom. The lowest BCUT2D eigenvalue weighted by molar-refractivity contribution is 0.0974. The van der Waals surface area contributed by atoms with E-state index in [0.29, 0.717) is 16.9 Å². The summed E-state index contributed by atoms with van der Waals surface area (Å²) < 4.78 is 5.23. The Kier molecular flexibility index (Phi) is 3.97. The smallest absolute Gasteiger partial charge is 0.262 e. The van der Waals surface area contributed by atoms with Gasteiger partial charge in [0.25, 0.3) is 5.91 Å². The van der Waals surface area contributed by atoms with Gasteiger partial charge in [-0.2, -0.15) is 0 Å². The van der Waals surface area contributed by atoms with Crippen molar-refractivity contribution >= 4 is 17.3 Å². The van der Waals surface area contributed by atoms with E-state index in [2.05, 4.69) is 5.32 Å². The number of hydrogen-bond acceptors (Lipinski definition) is 4. The summed E-state index contributed by atoms with van der Waals surface area (Å²) in [6.45, 7) is 0. The van der Waals surface area contributed by atoms with Crippen molar-refractivity contribution in [1.82, 2.24) is 0 Å². The minimum Gasteiger partial charge on any atom is -0.504 e. The second-order valence-electron chi connectivity index (χ2n) is 6.00. The van der Waals surface area contributed by atoms with E-state index in [-0.39, 0.29) is 11.7 Å². The summed E-state index contributed by atoms with van der Waals surface area (Å²) in [5, 5.41) is 14.0. The van der Waals surface area contributed by atoms with Crippen molar-refractivity contribution < 1.29 is 14.6 Å². The lowest BCUT2D eigenvalue weighted by atomic mass is 10.0. The van der Waals surface area contributed by atoms with Gasteiger partial charge in [0.15, 0.2) is 11.5 Å². The summed E-state index contributed by atoms with van der Waals surface area (Å²) in [6, 6.07) is 22.0. The molecule has 0 aromatic heterocycles. The Balaban J connectivity index is 1.90. The van der Waals surface area contributed by atoms with E-state index in [0.717, 1.165) is 11.4 Å². The molecule has 1 atom stereocenters. The molecule has 5 nitrogen and oxygen atoms in total. The van der Waals surface area contributed by atoms with Gasteiger partial charge in [-0.05, 0) is 30.3 Å². The molecule has 26 heavy (non-hydrogen) atoms. The van der Waals surface area contributed by atoms with Crippen molar-refractivity contribution in [3.05, 3.63) is 83.9 Å². The Morgan fingerprint density at radius 2 is 1.69 bits per heavy atom. The van der Waals surface area contributed by atoms with Crippen molar-refractivity contribution in [2.24, 2.45) is 0 Å². The Labute approximate surface area is 151 Å². The molecule has 1 amide bonds. The number of carbonyl (C=O) groups excluding carboxylic acids is 1. The van der Waals surface area contributed by atoms with Gasteiger partial charge in [0.2, 0.25) is 0 Å². The van der Waals surface area contributed by atoms with Crippen LogP contribution in [0.15, 0.2) is 72.8 Å². The predicted molar refractivity (Wildman–Crippen MR) is 101 cm³/mol. The monoisotopic (exact) mass is 346 g/mol. The molecule has 1 aliphatic heterocycles. The quantitative estimate of drug-likeness (QED) is 0.747. The van der Waals surface area contributed by atoms with Crippen LogP contribution in [0.1, 0.15) is 22.1 Å². The minimum absolute atomic E-state index is 0.0145. The maximum Gasteiger partial charge on any atom is 0.262 e. The molecule has 0 unspecified atom stereocenters. The van der Waals surface area contributed by atoms with E-state index in [9.17, 15) is 9.90 Å². The number of hydrogen-bond donors (Lipinski definition) is 2. The molecule has 0 saturated carbocycles. The second-order valence-corrected chi connectivity index (χ2v) is 6.00. The number of phenols is 1. The molecular formula is C21H18N2O3. The highest BCUT2D eigenvalue weighted by Gasteiger charge is 2.35. The molecule has 0 radical (unpaired) electrons. The van der Waals surface area contributed by atoms with Gasteiger partial charge in [0.05, 0.1) is 12.7 Å². The topological polar surface area (TPSA) is 61.8 Å². The Morgan fingerprint density at radius 3 is 2.46 bits per heavy atom. The van der Waals surface area contributed by atoms with Gasteiger partial charge in [-0.1, -0.05) is 42.5 Å². The van der Waals surface area contributed by atoms with Gasteiger partial charge < -0.3 is 15.2 Å².